The van der Waals surface area contributed by atoms with E-state index in [0.29, 0.717) is 32.1 Å². The zero-order valence-electron chi connectivity index (χ0n) is 11.0. The van der Waals surface area contributed by atoms with E-state index in [2.05, 4.69) is 11.8 Å². The Kier molecular flexibility index (Phi) is 3.75. The standard InChI is InChI=1S/C12H21N3O3/c1-9-8-14(7-6-13(9)2)12(18)15-5-3-4-10(15)11(16)17/h9-10H,3-8H2,1-2H3,(H,16,17)/t9?,10-/m0/s1. The fourth-order valence-electron chi connectivity index (χ4n) is 2.66. The van der Waals surface area contributed by atoms with Crippen LogP contribution in [-0.2, 0) is 4.79 Å². The topological polar surface area (TPSA) is 64.1 Å². The highest BCUT2D eigenvalue weighted by atomic mass is 16.4. The molecule has 1 unspecified atom stereocenters. The number of carbonyl (C=O) groups excluding carboxylic acids is 1. The maximum atomic E-state index is 12.3. The Morgan fingerprint density at radius 2 is 1.94 bits per heavy atom. The lowest BCUT2D eigenvalue weighted by Gasteiger charge is -2.39. The second-order valence-corrected chi connectivity index (χ2v) is 5.25. The summed E-state index contributed by atoms with van der Waals surface area (Å²) < 4.78 is 0. The van der Waals surface area contributed by atoms with Crippen LogP contribution in [0.1, 0.15) is 19.8 Å². The first-order chi connectivity index (χ1) is 8.50. The van der Waals surface area contributed by atoms with Crippen LogP contribution in [0.5, 0.6) is 0 Å². The van der Waals surface area contributed by atoms with E-state index in [4.69, 9.17) is 5.11 Å². The quantitative estimate of drug-likeness (QED) is 0.731. The van der Waals surface area contributed by atoms with E-state index < -0.39 is 12.0 Å². The van der Waals surface area contributed by atoms with Crippen LogP contribution in [0.15, 0.2) is 0 Å². The molecule has 0 aliphatic carbocycles. The van der Waals surface area contributed by atoms with Crippen molar-refractivity contribution >= 4 is 12.0 Å². The Balaban J connectivity index is 2.01. The van der Waals surface area contributed by atoms with Crippen molar-refractivity contribution in [3.8, 4) is 0 Å². The highest BCUT2D eigenvalue weighted by Crippen LogP contribution is 2.20. The molecule has 2 rings (SSSR count). The van der Waals surface area contributed by atoms with Gasteiger partial charge in [-0.15, -0.1) is 0 Å². The molecule has 2 aliphatic heterocycles. The Hall–Kier alpha value is -1.30. The Morgan fingerprint density at radius 1 is 1.22 bits per heavy atom. The van der Waals surface area contributed by atoms with Gasteiger partial charge in [-0.25, -0.2) is 9.59 Å². The van der Waals surface area contributed by atoms with Crippen LogP contribution in [-0.4, -0.2) is 77.1 Å². The number of amides is 2. The van der Waals surface area contributed by atoms with Gasteiger partial charge in [0.05, 0.1) is 0 Å². The third-order valence-corrected chi connectivity index (χ3v) is 4.01. The lowest BCUT2D eigenvalue weighted by molar-refractivity contribution is -0.141. The van der Waals surface area contributed by atoms with Crippen molar-refractivity contribution in [1.82, 2.24) is 14.7 Å². The van der Waals surface area contributed by atoms with E-state index in [1.807, 2.05) is 7.05 Å². The van der Waals surface area contributed by atoms with Gasteiger partial charge in [0.2, 0.25) is 0 Å². The highest BCUT2D eigenvalue weighted by Gasteiger charge is 2.37. The van der Waals surface area contributed by atoms with Gasteiger partial charge in [0.1, 0.15) is 6.04 Å². The van der Waals surface area contributed by atoms with Crippen molar-refractivity contribution in [2.75, 3.05) is 33.2 Å². The van der Waals surface area contributed by atoms with Crippen LogP contribution in [0, 0.1) is 0 Å². The number of hydrogen-bond donors (Lipinski definition) is 1. The molecule has 0 aromatic heterocycles. The van der Waals surface area contributed by atoms with E-state index in [9.17, 15) is 9.59 Å². The monoisotopic (exact) mass is 255 g/mol. The zero-order chi connectivity index (χ0) is 13.3. The van der Waals surface area contributed by atoms with E-state index in [-0.39, 0.29) is 6.03 Å². The molecule has 2 aliphatic rings. The molecule has 2 saturated heterocycles. The number of carboxylic acids is 1. The van der Waals surface area contributed by atoms with E-state index in [1.165, 1.54) is 4.90 Å². The molecule has 1 N–H and O–H groups in total. The lowest BCUT2D eigenvalue weighted by atomic mass is 10.2. The largest absolute Gasteiger partial charge is 0.480 e. The third-order valence-electron chi connectivity index (χ3n) is 4.01. The van der Waals surface area contributed by atoms with Crippen molar-refractivity contribution in [3.05, 3.63) is 0 Å². The zero-order valence-corrected chi connectivity index (χ0v) is 11.0. The van der Waals surface area contributed by atoms with Gasteiger partial charge in [-0.3, -0.25) is 0 Å². The van der Waals surface area contributed by atoms with Crippen molar-refractivity contribution in [3.63, 3.8) is 0 Å². The Bertz CT molecular complexity index is 347. The molecule has 0 radical (unpaired) electrons. The number of piperazine rings is 1. The Labute approximate surface area is 107 Å². The number of rotatable bonds is 1. The van der Waals surface area contributed by atoms with Crippen molar-refractivity contribution < 1.29 is 14.7 Å². The van der Waals surface area contributed by atoms with Gasteiger partial charge < -0.3 is 19.8 Å². The van der Waals surface area contributed by atoms with Crippen molar-refractivity contribution in [2.45, 2.75) is 31.8 Å². The summed E-state index contributed by atoms with van der Waals surface area (Å²) in [6, 6.07) is -0.416. The van der Waals surface area contributed by atoms with Crippen molar-refractivity contribution in [1.29, 1.82) is 0 Å². The average molecular weight is 255 g/mol. The summed E-state index contributed by atoms with van der Waals surface area (Å²) in [5.41, 5.74) is 0. The minimum atomic E-state index is -0.886. The molecule has 0 aromatic carbocycles. The minimum absolute atomic E-state index is 0.111. The number of carboxylic acid groups (broad SMARTS) is 1. The van der Waals surface area contributed by atoms with Crippen LogP contribution >= 0.6 is 0 Å². The molecular weight excluding hydrogens is 234 g/mol. The number of hydrogen-bond acceptors (Lipinski definition) is 3. The molecule has 0 saturated carbocycles. The maximum Gasteiger partial charge on any atom is 0.326 e. The SMILES string of the molecule is CC1CN(C(=O)N2CCC[C@H]2C(=O)O)CCN1C. The second kappa shape index (κ2) is 5.14. The summed E-state index contributed by atoms with van der Waals surface area (Å²) in [5, 5.41) is 9.10. The second-order valence-electron chi connectivity index (χ2n) is 5.25. The number of carbonyl (C=O) groups is 2. The summed E-state index contributed by atoms with van der Waals surface area (Å²) in [5.74, 6) is -0.886. The molecule has 0 spiro atoms. The normalized spacial score (nSPS) is 29.7. The van der Waals surface area contributed by atoms with Gasteiger partial charge in [-0.2, -0.15) is 0 Å². The van der Waals surface area contributed by atoms with Crippen LogP contribution in [0.4, 0.5) is 4.79 Å². The molecular formula is C12H21N3O3. The van der Waals surface area contributed by atoms with Crippen LogP contribution in [0.2, 0.25) is 0 Å². The van der Waals surface area contributed by atoms with Gasteiger partial charge >= 0.3 is 12.0 Å². The van der Waals surface area contributed by atoms with Crippen LogP contribution < -0.4 is 0 Å². The molecule has 2 fully saturated rings. The smallest absolute Gasteiger partial charge is 0.326 e. The summed E-state index contributed by atoms with van der Waals surface area (Å²) in [4.78, 5) is 28.9. The minimum Gasteiger partial charge on any atom is -0.480 e. The first-order valence-electron chi connectivity index (χ1n) is 6.49. The molecule has 2 atom stereocenters. The molecule has 0 bridgehead atoms. The predicted octanol–water partition coefficient (Wildman–Crippen LogP) is 0.291. The van der Waals surface area contributed by atoms with E-state index in [1.54, 1.807) is 4.90 Å². The molecule has 102 valence electrons. The van der Waals surface area contributed by atoms with Gasteiger partial charge in [-0.1, -0.05) is 0 Å². The molecule has 2 heterocycles. The van der Waals surface area contributed by atoms with Gasteiger partial charge in [0.15, 0.2) is 0 Å². The summed E-state index contributed by atoms with van der Waals surface area (Å²) >= 11 is 0. The lowest BCUT2D eigenvalue weighted by Crippen LogP contribution is -2.56. The number of aliphatic carboxylic acids is 1. The number of likely N-dealkylation sites (N-methyl/N-ethyl adjacent to an activating group) is 1. The predicted molar refractivity (Wildman–Crippen MR) is 66.4 cm³/mol. The molecule has 6 nitrogen and oxygen atoms in total. The van der Waals surface area contributed by atoms with Gasteiger partial charge in [0, 0.05) is 32.2 Å². The average Bonchev–Trinajstić information content (AvgIpc) is 2.81. The highest BCUT2D eigenvalue weighted by molar-refractivity contribution is 5.83. The fraction of sp³-hybridized carbons (Fsp3) is 0.833. The third kappa shape index (κ3) is 2.43. The van der Waals surface area contributed by atoms with Crippen molar-refractivity contribution in [2.24, 2.45) is 0 Å². The summed E-state index contributed by atoms with van der Waals surface area (Å²) in [6.07, 6.45) is 1.36. The summed E-state index contributed by atoms with van der Waals surface area (Å²) in [7, 11) is 2.04. The fourth-order valence-corrected chi connectivity index (χ4v) is 2.66. The van der Waals surface area contributed by atoms with E-state index >= 15 is 0 Å². The number of nitrogens with zero attached hydrogens (tertiary/aromatic N) is 3. The maximum absolute atomic E-state index is 12.3. The van der Waals surface area contributed by atoms with E-state index in [0.717, 1.165) is 13.0 Å². The van der Waals surface area contributed by atoms with Gasteiger partial charge in [0.25, 0.3) is 0 Å². The number of urea groups is 1. The molecule has 2 amide bonds. The molecule has 18 heavy (non-hydrogen) atoms. The summed E-state index contributed by atoms with van der Waals surface area (Å²) in [6.45, 7) is 4.85. The number of likely N-dealkylation sites (tertiary alicyclic amines) is 1. The van der Waals surface area contributed by atoms with Crippen LogP contribution in [0.25, 0.3) is 0 Å². The first kappa shape index (κ1) is 13.1. The molecule has 0 aromatic rings. The van der Waals surface area contributed by atoms with Gasteiger partial charge in [-0.05, 0) is 26.8 Å². The van der Waals surface area contributed by atoms with Crippen LogP contribution in [0.3, 0.4) is 0 Å². The molecule has 6 heteroatoms. The first-order valence-corrected chi connectivity index (χ1v) is 6.49. The Morgan fingerprint density at radius 3 is 2.56 bits per heavy atom.